The average Bonchev–Trinajstić information content (AvgIpc) is 2.47. The molecule has 2 rings (SSSR count). The summed E-state index contributed by atoms with van der Waals surface area (Å²) in [6, 6.07) is 8.48. The lowest BCUT2D eigenvalue weighted by Gasteiger charge is -2.28. The molecule has 18 heavy (non-hydrogen) atoms. The molecule has 1 aliphatic rings. The van der Waals surface area contributed by atoms with Crippen molar-refractivity contribution < 1.29 is 9.47 Å². The van der Waals surface area contributed by atoms with Crippen molar-refractivity contribution in [2.75, 3.05) is 19.8 Å². The maximum atomic E-state index is 6.22. The van der Waals surface area contributed by atoms with E-state index in [4.69, 9.17) is 15.2 Å². The van der Waals surface area contributed by atoms with Crippen LogP contribution in [0.4, 0.5) is 0 Å². The molecule has 100 valence electrons. The zero-order valence-corrected chi connectivity index (χ0v) is 11.3. The Labute approximate surface area is 109 Å². The van der Waals surface area contributed by atoms with Gasteiger partial charge < -0.3 is 15.2 Å². The van der Waals surface area contributed by atoms with Crippen LogP contribution in [0.2, 0.25) is 0 Å². The highest BCUT2D eigenvalue weighted by Gasteiger charge is 2.23. The van der Waals surface area contributed by atoms with Crippen LogP contribution >= 0.6 is 0 Å². The van der Waals surface area contributed by atoms with E-state index in [9.17, 15) is 0 Å². The van der Waals surface area contributed by atoms with E-state index >= 15 is 0 Å². The van der Waals surface area contributed by atoms with Crippen molar-refractivity contribution >= 4 is 0 Å². The van der Waals surface area contributed by atoms with Gasteiger partial charge in [-0.1, -0.05) is 38.1 Å². The van der Waals surface area contributed by atoms with Crippen molar-refractivity contribution in [3.63, 3.8) is 0 Å². The Morgan fingerprint density at radius 1 is 1.22 bits per heavy atom. The van der Waals surface area contributed by atoms with E-state index in [2.05, 4.69) is 38.1 Å². The number of rotatable bonds is 4. The van der Waals surface area contributed by atoms with Gasteiger partial charge in [0.15, 0.2) is 0 Å². The molecule has 0 aromatic heterocycles. The molecule has 0 radical (unpaired) electrons. The first-order chi connectivity index (χ1) is 8.72. The van der Waals surface area contributed by atoms with E-state index in [1.807, 2.05) is 0 Å². The Kier molecular flexibility index (Phi) is 4.75. The Hall–Kier alpha value is -0.900. The minimum atomic E-state index is -0.101. The molecule has 1 aromatic rings. The van der Waals surface area contributed by atoms with Gasteiger partial charge in [0, 0.05) is 0 Å². The fourth-order valence-electron chi connectivity index (χ4n) is 2.21. The summed E-state index contributed by atoms with van der Waals surface area (Å²) in [4.78, 5) is 0. The largest absolute Gasteiger partial charge is 0.376 e. The molecule has 3 heteroatoms. The van der Waals surface area contributed by atoms with Crippen molar-refractivity contribution in [2.45, 2.75) is 38.3 Å². The Balaban J connectivity index is 2.03. The molecular weight excluding hydrogens is 226 g/mol. The lowest BCUT2D eigenvalue weighted by atomic mass is 9.95. The lowest BCUT2D eigenvalue weighted by molar-refractivity contribution is -0.0975. The molecular formula is C15H23NO2. The topological polar surface area (TPSA) is 44.5 Å². The van der Waals surface area contributed by atoms with E-state index in [0.29, 0.717) is 25.7 Å². The second kappa shape index (κ2) is 6.32. The quantitative estimate of drug-likeness (QED) is 0.892. The van der Waals surface area contributed by atoms with Crippen LogP contribution in [-0.2, 0) is 9.47 Å². The molecule has 0 aliphatic carbocycles. The minimum Gasteiger partial charge on any atom is -0.376 e. The van der Waals surface area contributed by atoms with E-state index in [1.165, 1.54) is 5.56 Å². The Bertz CT molecular complexity index is 357. The monoisotopic (exact) mass is 249 g/mol. The summed E-state index contributed by atoms with van der Waals surface area (Å²) in [5.74, 6) is 0.601. The fraction of sp³-hybridized carbons (Fsp3) is 0.600. The van der Waals surface area contributed by atoms with Gasteiger partial charge in [-0.25, -0.2) is 0 Å². The van der Waals surface area contributed by atoms with Gasteiger partial charge in [-0.15, -0.1) is 0 Å². The van der Waals surface area contributed by atoms with Gasteiger partial charge in [0.25, 0.3) is 0 Å². The van der Waals surface area contributed by atoms with Crippen molar-refractivity contribution in [3.8, 4) is 0 Å². The van der Waals surface area contributed by atoms with Crippen LogP contribution in [0.3, 0.4) is 0 Å². The van der Waals surface area contributed by atoms with Crippen molar-refractivity contribution in [2.24, 2.45) is 5.73 Å². The minimum absolute atomic E-state index is 0.0202. The van der Waals surface area contributed by atoms with E-state index < -0.39 is 0 Å². The van der Waals surface area contributed by atoms with Crippen LogP contribution in [0.5, 0.6) is 0 Å². The zero-order chi connectivity index (χ0) is 13.0. The normalized spacial score (nSPS) is 23.6. The maximum Gasteiger partial charge on any atom is 0.100 e. The fourth-order valence-corrected chi connectivity index (χ4v) is 2.21. The molecule has 2 N–H and O–H groups in total. The third-order valence-corrected chi connectivity index (χ3v) is 3.75. The standard InChI is InChI=1S/C15H23NO2/c1-3-11(2)12-4-6-13(7-5-12)15(16)14-10-17-8-9-18-14/h4-7,11,14-15H,3,8-10,16H2,1-2H3. The van der Waals surface area contributed by atoms with Gasteiger partial charge in [0.05, 0.1) is 25.9 Å². The van der Waals surface area contributed by atoms with Crippen LogP contribution in [0.1, 0.15) is 43.4 Å². The summed E-state index contributed by atoms with van der Waals surface area (Å²) < 4.78 is 11.0. The van der Waals surface area contributed by atoms with Gasteiger partial charge in [-0.2, -0.15) is 0 Å². The smallest absolute Gasteiger partial charge is 0.100 e. The van der Waals surface area contributed by atoms with Crippen LogP contribution < -0.4 is 5.73 Å². The van der Waals surface area contributed by atoms with E-state index in [1.54, 1.807) is 0 Å². The van der Waals surface area contributed by atoms with Crippen molar-refractivity contribution in [1.29, 1.82) is 0 Å². The van der Waals surface area contributed by atoms with Gasteiger partial charge in [-0.05, 0) is 23.5 Å². The van der Waals surface area contributed by atoms with E-state index in [-0.39, 0.29) is 12.1 Å². The first-order valence-corrected chi connectivity index (χ1v) is 6.77. The van der Waals surface area contributed by atoms with Crippen LogP contribution in [0.15, 0.2) is 24.3 Å². The van der Waals surface area contributed by atoms with Crippen LogP contribution in [0, 0.1) is 0 Å². The maximum absolute atomic E-state index is 6.22. The van der Waals surface area contributed by atoms with Gasteiger partial charge in [-0.3, -0.25) is 0 Å². The number of hydrogen-bond donors (Lipinski definition) is 1. The highest BCUT2D eigenvalue weighted by molar-refractivity contribution is 5.27. The molecule has 0 bridgehead atoms. The number of ether oxygens (including phenoxy) is 2. The number of nitrogens with two attached hydrogens (primary N) is 1. The first-order valence-electron chi connectivity index (χ1n) is 6.77. The molecule has 1 aromatic carbocycles. The Morgan fingerprint density at radius 2 is 1.89 bits per heavy atom. The zero-order valence-electron chi connectivity index (χ0n) is 11.3. The predicted molar refractivity (Wildman–Crippen MR) is 72.6 cm³/mol. The first kappa shape index (κ1) is 13.5. The molecule has 3 unspecified atom stereocenters. The third kappa shape index (κ3) is 3.10. The Morgan fingerprint density at radius 3 is 2.44 bits per heavy atom. The molecule has 1 fully saturated rings. The molecule has 0 spiro atoms. The summed E-state index contributed by atoms with van der Waals surface area (Å²) in [5.41, 5.74) is 8.72. The third-order valence-electron chi connectivity index (χ3n) is 3.75. The summed E-state index contributed by atoms with van der Waals surface area (Å²) >= 11 is 0. The molecule has 1 saturated heterocycles. The molecule has 0 saturated carbocycles. The highest BCUT2D eigenvalue weighted by Crippen LogP contribution is 2.23. The summed E-state index contributed by atoms with van der Waals surface area (Å²) in [6.07, 6.45) is 1.14. The van der Waals surface area contributed by atoms with Crippen molar-refractivity contribution in [3.05, 3.63) is 35.4 Å². The number of benzene rings is 1. The van der Waals surface area contributed by atoms with Gasteiger partial charge >= 0.3 is 0 Å². The van der Waals surface area contributed by atoms with Gasteiger partial charge in [0.1, 0.15) is 6.10 Å². The van der Waals surface area contributed by atoms with Crippen LogP contribution in [0.25, 0.3) is 0 Å². The second-order valence-electron chi connectivity index (χ2n) is 4.99. The second-order valence-corrected chi connectivity index (χ2v) is 4.99. The summed E-state index contributed by atoms with van der Waals surface area (Å²) in [5, 5.41) is 0. The van der Waals surface area contributed by atoms with Gasteiger partial charge in [0.2, 0.25) is 0 Å². The average molecular weight is 249 g/mol. The molecule has 3 nitrogen and oxygen atoms in total. The number of hydrogen-bond acceptors (Lipinski definition) is 3. The lowest BCUT2D eigenvalue weighted by Crippen LogP contribution is -2.37. The van der Waals surface area contributed by atoms with E-state index in [0.717, 1.165) is 12.0 Å². The molecule has 0 amide bonds. The molecule has 1 aliphatic heterocycles. The highest BCUT2D eigenvalue weighted by atomic mass is 16.6. The predicted octanol–water partition coefficient (Wildman–Crippen LogP) is 2.62. The SMILES string of the molecule is CCC(C)c1ccc(C(N)C2COCCO2)cc1. The molecule has 1 heterocycles. The van der Waals surface area contributed by atoms with Crippen LogP contribution in [-0.4, -0.2) is 25.9 Å². The summed E-state index contributed by atoms with van der Waals surface area (Å²) in [7, 11) is 0. The molecule has 3 atom stereocenters. The van der Waals surface area contributed by atoms with Crippen molar-refractivity contribution in [1.82, 2.24) is 0 Å². The summed E-state index contributed by atoms with van der Waals surface area (Å²) in [6.45, 7) is 6.36.